The molecule has 2 aromatic carbocycles. The van der Waals surface area contributed by atoms with Crippen molar-refractivity contribution in [1.29, 1.82) is 0 Å². The predicted octanol–water partition coefficient (Wildman–Crippen LogP) is 5.57. The van der Waals surface area contributed by atoms with Crippen molar-refractivity contribution in [3.8, 4) is 28.4 Å². The molecule has 1 amide bonds. The molecule has 1 aliphatic rings. The molecular weight excluding hydrogens is 580 g/mol. The molecule has 44 heavy (non-hydrogen) atoms. The Kier molecular flexibility index (Phi) is 7.39. The van der Waals surface area contributed by atoms with Crippen LogP contribution in [0.2, 0.25) is 0 Å². The Hall–Kier alpha value is -5.07. The lowest BCUT2D eigenvalue weighted by Gasteiger charge is -2.45. The quantitative estimate of drug-likeness (QED) is 0.243. The summed E-state index contributed by atoms with van der Waals surface area (Å²) in [7, 11) is 0. The number of nitrogens with zero attached hydrogens (tertiary/aromatic N) is 5. The van der Waals surface area contributed by atoms with Gasteiger partial charge in [0.2, 0.25) is 6.10 Å². The molecule has 0 saturated carbocycles. The highest BCUT2D eigenvalue weighted by Gasteiger charge is 2.43. The van der Waals surface area contributed by atoms with E-state index >= 15 is 0 Å². The second kappa shape index (κ2) is 11.2. The van der Waals surface area contributed by atoms with Gasteiger partial charge in [0.25, 0.3) is 11.5 Å². The molecule has 6 rings (SSSR count). The SMILES string of the molecule is Cc1nccnc1-c1[nH]n2c(=O)cc(-c3ccc(O[C@@H](c4ccccc4)C(F)(F)F)cc3)nc2c1C(=O)N1C[C@H](CF)[C@@H]1C. The summed E-state index contributed by atoms with van der Waals surface area (Å²) in [5.41, 5.74) is 1.20. The minimum Gasteiger partial charge on any atom is -0.476 e. The molecule has 1 N–H and O–H groups in total. The molecule has 0 aliphatic carbocycles. The van der Waals surface area contributed by atoms with Gasteiger partial charge in [-0.15, -0.1) is 0 Å². The third-order valence-electron chi connectivity index (χ3n) is 7.82. The van der Waals surface area contributed by atoms with Crippen LogP contribution in [-0.2, 0) is 0 Å². The number of fused-ring (bicyclic) bond motifs is 1. The molecule has 3 atom stereocenters. The summed E-state index contributed by atoms with van der Waals surface area (Å²) in [6.07, 6.45) is -3.87. The number of ether oxygens (including phenoxy) is 1. The Morgan fingerprint density at radius 1 is 1.09 bits per heavy atom. The lowest BCUT2D eigenvalue weighted by molar-refractivity contribution is -0.198. The van der Waals surface area contributed by atoms with Gasteiger partial charge in [0.1, 0.15) is 17.0 Å². The van der Waals surface area contributed by atoms with Gasteiger partial charge < -0.3 is 9.64 Å². The van der Waals surface area contributed by atoms with Gasteiger partial charge in [0, 0.05) is 48.1 Å². The van der Waals surface area contributed by atoms with E-state index in [-0.39, 0.29) is 52.4 Å². The van der Waals surface area contributed by atoms with Gasteiger partial charge in [-0.05, 0) is 38.1 Å². The summed E-state index contributed by atoms with van der Waals surface area (Å²) in [6, 6.07) is 13.9. The monoisotopic (exact) mass is 606 g/mol. The number of hydrogen-bond donors (Lipinski definition) is 1. The third-order valence-corrected chi connectivity index (χ3v) is 7.82. The molecule has 1 saturated heterocycles. The van der Waals surface area contributed by atoms with Crippen LogP contribution in [0.3, 0.4) is 0 Å². The minimum absolute atomic E-state index is 0.0231. The fourth-order valence-electron chi connectivity index (χ4n) is 5.28. The minimum atomic E-state index is -4.66. The summed E-state index contributed by atoms with van der Waals surface area (Å²) in [5.74, 6) is -0.783. The number of aryl methyl sites for hydroxylation is 1. The van der Waals surface area contributed by atoms with Gasteiger partial charge in [0.15, 0.2) is 5.65 Å². The Morgan fingerprint density at radius 2 is 1.80 bits per heavy atom. The van der Waals surface area contributed by atoms with E-state index in [1.807, 2.05) is 0 Å². The molecule has 0 spiro atoms. The zero-order chi connectivity index (χ0) is 31.2. The normalized spacial score (nSPS) is 17.4. The van der Waals surface area contributed by atoms with Crippen LogP contribution in [0.15, 0.2) is 77.9 Å². The predicted molar refractivity (Wildman–Crippen MR) is 153 cm³/mol. The number of halogens is 4. The van der Waals surface area contributed by atoms with Gasteiger partial charge in [-0.3, -0.25) is 29.0 Å². The summed E-state index contributed by atoms with van der Waals surface area (Å²) in [6.45, 7) is 3.11. The molecule has 5 aromatic rings. The summed E-state index contributed by atoms with van der Waals surface area (Å²) >= 11 is 0. The van der Waals surface area contributed by atoms with Crippen LogP contribution in [-0.4, -0.2) is 60.8 Å². The van der Waals surface area contributed by atoms with Gasteiger partial charge in [-0.25, -0.2) is 9.50 Å². The smallest absolute Gasteiger partial charge is 0.429 e. The number of aromatic nitrogens is 5. The largest absolute Gasteiger partial charge is 0.476 e. The first-order chi connectivity index (χ1) is 21.1. The zero-order valence-corrected chi connectivity index (χ0v) is 23.5. The molecule has 3 aromatic heterocycles. The Labute approximate surface area is 248 Å². The molecule has 226 valence electrons. The van der Waals surface area contributed by atoms with E-state index in [2.05, 4.69) is 20.1 Å². The first-order valence-electron chi connectivity index (χ1n) is 13.8. The van der Waals surface area contributed by atoms with E-state index in [4.69, 9.17) is 4.74 Å². The van der Waals surface area contributed by atoms with E-state index in [0.717, 1.165) is 4.52 Å². The summed E-state index contributed by atoms with van der Waals surface area (Å²) in [4.78, 5) is 41.9. The molecule has 0 bridgehead atoms. The van der Waals surface area contributed by atoms with Crippen LogP contribution >= 0.6 is 0 Å². The van der Waals surface area contributed by atoms with Gasteiger partial charge in [-0.1, -0.05) is 30.3 Å². The van der Waals surface area contributed by atoms with Crippen molar-refractivity contribution >= 4 is 11.6 Å². The molecular formula is C31H26F4N6O3. The van der Waals surface area contributed by atoms with Crippen LogP contribution in [0.25, 0.3) is 28.3 Å². The van der Waals surface area contributed by atoms with Crippen molar-refractivity contribution in [3.63, 3.8) is 0 Å². The number of likely N-dealkylation sites (tertiary alicyclic amines) is 1. The number of nitrogens with one attached hydrogen (secondary N) is 1. The number of rotatable bonds is 7. The Balaban J connectivity index is 1.40. The highest BCUT2D eigenvalue weighted by atomic mass is 19.4. The number of benzene rings is 2. The van der Waals surface area contributed by atoms with Crippen LogP contribution in [0.5, 0.6) is 5.75 Å². The number of hydrogen-bond acceptors (Lipinski definition) is 6. The number of aromatic amines is 1. The van der Waals surface area contributed by atoms with Gasteiger partial charge in [0.05, 0.1) is 23.8 Å². The van der Waals surface area contributed by atoms with Crippen molar-refractivity contribution in [3.05, 3.63) is 100 Å². The summed E-state index contributed by atoms with van der Waals surface area (Å²) < 4.78 is 61.2. The first-order valence-corrected chi connectivity index (χ1v) is 13.8. The maximum atomic E-state index is 13.9. The van der Waals surface area contributed by atoms with Crippen LogP contribution in [0.1, 0.15) is 34.6 Å². The zero-order valence-electron chi connectivity index (χ0n) is 23.5. The summed E-state index contributed by atoms with van der Waals surface area (Å²) in [5, 5.41) is 2.94. The van der Waals surface area contributed by atoms with Crippen LogP contribution in [0, 0.1) is 12.8 Å². The van der Waals surface area contributed by atoms with E-state index in [0.29, 0.717) is 17.0 Å². The van der Waals surface area contributed by atoms with E-state index in [1.54, 1.807) is 19.9 Å². The fraction of sp³-hybridized carbons (Fsp3) is 0.258. The van der Waals surface area contributed by atoms with Gasteiger partial charge in [-0.2, -0.15) is 13.2 Å². The number of carbonyl (C=O) groups is 1. The average Bonchev–Trinajstić information content (AvgIpc) is 3.39. The molecule has 0 unspecified atom stereocenters. The molecule has 0 radical (unpaired) electrons. The first kappa shape index (κ1) is 29.0. The second-order valence-corrected chi connectivity index (χ2v) is 10.6. The maximum Gasteiger partial charge on any atom is 0.429 e. The average molecular weight is 607 g/mol. The number of alkyl halides is 4. The highest BCUT2D eigenvalue weighted by molar-refractivity contribution is 6.06. The highest BCUT2D eigenvalue weighted by Crippen LogP contribution is 2.37. The van der Waals surface area contributed by atoms with Crippen molar-refractivity contribution in [2.45, 2.75) is 32.2 Å². The fourth-order valence-corrected chi connectivity index (χ4v) is 5.28. The van der Waals surface area contributed by atoms with Crippen molar-refractivity contribution in [1.82, 2.24) is 29.5 Å². The molecule has 1 fully saturated rings. The maximum absolute atomic E-state index is 13.9. The van der Waals surface area contributed by atoms with Crippen LogP contribution < -0.4 is 10.3 Å². The van der Waals surface area contributed by atoms with Crippen LogP contribution in [0.4, 0.5) is 17.6 Å². The van der Waals surface area contributed by atoms with E-state index in [9.17, 15) is 27.2 Å². The van der Waals surface area contributed by atoms with Crippen molar-refractivity contribution in [2.75, 3.05) is 13.2 Å². The Morgan fingerprint density at radius 3 is 2.43 bits per heavy atom. The molecule has 4 heterocycles. The van der Waals surface area contributed by atoms with E-state index < -0.39 is 30.4 Å². The number of H-pyrrole nitrogens is 1. The molecule has 1 aliphatic heterocycles. The topological polar surface area (TPSA) is 105 Å². The van der Waals surface area contributed by atoms with E-state index in [1.165, 1.54) is 71.9 Å². The standard InChI is InChI=1S/C31H26F4N6O3/c1-17-26(37-13-12-36-17)27-25(30(43)40-16-21(15-32)18(40)2)29-38-23(14-24(42)41(29)39-27)19-8-10-22(11-9-19)44-28(31(33,34)35)20-6-4-3-5-7-20/h3-14,18,21,28,39H,15-16H2,1-2H3/t18-,21-,28-/m0/s1. The Bertz CT molecular complexity index is 1890. The second-order valence-electron chi connectivity index (χ2n) is 10.6. The lowest BCUT2D eigenvalue weighted by atomic mass is 9.90. The number of carbonyl (C=O) groups excluding carboxylic acids is 1. The number of amides is 1. The van der Waals surface area contributed by atoms with Crippen molar-refractivity contribution in [2.24, 2.45) is 5.92 Å². The third kappa shape index (κ3) is 5.18. The molecule has 9 nitrogen and oxygen atoms in total. The lowest BCUT2D eigenvalue weighted by Crippen LogP contribution is -2.58. The molecule has 13 heteroatoms. The van der Waals surface area contributed by atoms with Crippen molar-refractivity contribution < 1.29 is 27.1 Å². The van der Waals surface area contributed by atoms with Gasteiger partial charge >= 0.3 is 6.18 Å².